The van der Waals surface area contributed by atoms with Crippen LogP contribution < -0.4 is 5.32 Å². The SMILES string of the molecule is CCNC(=NCCc1ccco1)N1CCC(OCCCOC)CC1.I. The zero-order valence-electron chi connectivity index (χ0n) is 15.4. The van der Waals surface area contributed by atoms with E-state index in [9.17, 15) is 0 Å². The van der Waals surface area contributed by atoms with Crippen molar-refractivity contribution in [2.75, 3.05) is 46.5 Å². The summed E-state index contributed by atoms with van der Waals surface area (Å²) in [5.74, 6) is 1.99. The summed E-state index contributed by atoms with van der Waals surface area (Å²) in [6.07, 6.45) is 5.98. The van der Waals surface area contributed by atoms with E-state index in [1.807, 2.05) is 12.1 Å². The number of piperidine rings is 1. The zero-order chi connectivity index (χ0) is 17.0. The Labute approximate surface area is 168 Å². The number of halogens is 1. The van der Waals surface area contributed by atoms with E-state index in [1.54, 1.807) is 13.4 Å². The third kappa shape index (κ3) is 8.42. The van der Waals surface area contributed by atoms with Gasteiger partial charge >= 0.3 is 0 Å². The minimum atomic E-state index is 0. The molecule has 0 spiro atoms. The number of nitrogens with one attached hydrogen (secondary N) is 1. The summed E-state index contributed by atoms with van der Waals surface area (Å²) in [5.41, 5.74) is 0. The molecule has 0 unspecified atom stereocenters. The normalized spacial score (nSPS) is 15.9. The first kappa shape index (κ1) is 22.2. The molecule has 0 atom stereocenters. The second-order valence-corrected chi connectivity index (χ2v) is 5.97. The fraction of sp³-hybridized carbons (Fsp3) is 0.722. The molecule has 6 nitrogen and oxygen atoms in total. The van der Waals surface area contributed by atoms with Gasteiger partial charge in [0, 0.05) is 52.9 Å². The summed E-state index contributed by atoms with van der Waals surface area (Å²) >= 11 is 0. The molecule has 144 valence electrons. The molecule has 2 heterocycles. The summed E-state index contributed by atoms with van der Waals surface area (Å²) in [6, 6.07) is 3.91. The molecule has 0 aromatic carbocycles. The highest BCUT2D eigenvalue weighted by Gasteiger charge is 2.21. The van der Waals surface area contributed by atoms with Crippen LogP contribution >= 0.6 is 24.0 Å². The number of guanidine groups is 1. The fourth-order valence-corrected chi connectivity index (χ4v) is 2.84. The van der Waals surface area contributed by atoms with Gasteiger partial charge in [0.15, 0.2) is 5.96 Å². The summed E-state index contributed by atoms with van der Waals surface area (Å²) < 4.78 is 16.3. The Hall–Kier alpha value is -0.800. The predicted octanol–water partition coefficient (Wildman–Crippen LogP) is 2.92. The van der Waals surface area contributed by atoms with Gasteiger partial charge in [-0.25, -0.2) is 0 Å². The third-order valence-electron chi connectivity index (χ3n) is 4.12. The molecule has 1 fully saturated rings. The molecule has 0 bridgehead atoms. The van der Waals surface area contributed by atoms with Crippen molar-refractivity contribution in [3.8, 4) is 0 Å². The lowest BCUT2D eigenvalue weighted by Gasteiger charge is -2.34. The number of nitrogens with zero attached hydrogens (tertiary/aromatic N) is 2. The van der Waals surface area contributed by atoms with Gasteiger partial charge in [-0.3, -0.25) is 4.99 Å². The molecule has 1 saturated heterocycles. The summed E-state index contributed by atoms with van der Waals surface area (Å²) in [7, 11) is 1.73. The lowest BCUT2D eigenvalue weighted by molar-refractivity contribution is 0.00991. The van der Waals surface area contributed by atoms with Crippen LogP contribution in [0.5, 0.6) is 0 Å². The van der Waals surface area contributed by atoms with Crippen molar-refractivity contribution < 1.29 is 13.9 Å². The van der Waals surface area contributed by atoms with Gasteiger partial charge in [-0.15, -0.1) is 24.0 Å². The molecule has 0 aliphatic carbocycles. The lowest BCUT2D eigenvalue weighted by atomic mass is 10.1. The topological polar surface area (TPSA) is 59.2 Å². The van der Waals surface area contributed by atoms with E-state index < -0.39 is 0 Å². The quantitative estimate of drug-likeness (QED) is 0.263. The van der Waals surface area contributed by atoms with Crippen LogP contribution in [0.4, 0.5) is 0 Å². The molecule has 1 aliphatic heterocycles. The van der Waals surface area contributed by atoms with E-state index in [0.717, 1.165) is 76.8 Å². The van der Waals surface area contributed by atoms with Crippen LogP contribution in [-0.2, 0) is 15.9 Å². The molecule has 1 aromatic rings. The standard InChI is InChI=1S/C18H31N3O3.HI/c1-3-19-18(20-10-7-16-6-4-14-23-16)21-11-8-17(9-12-21)24-15-5-13-22-2;/h4,6,14,17H,3,5,7-13,15H2,1-2H3,(H,19,20);1H. The average molecular weight is 465 g/mol. The number of hydrogen-bond acceptors (Lipinski definition) is 4. The molecular weight excluding hydrogens is 433 g/mol. The largest absolute Gasteiger partial charge is 0.469 e. The Morgan fingerprint density at radius 3 is 2.80 bits per heavy atom. The van der Waals surface area contributed by atoms with E-state index in [2.05, 4.69) is 17.1 Å². The van der Waals surface area contributed by atoms with Crippen molar-refractivity contribution in [3.63, 3.8) is 0 Å². The maximum atomic E-state index is 5.92. The number of ether oxygens (including phenoxy) is 2. The molecule has 25 heavy (non-hydrogen) atoms. The molecule has 1 aliphatic rings. The van der Waals surface area contributed by atoms with E-state index in [1.165, 1.54) is 0 Å². The maximum Gasteiger partial charge on any atom is 0.193 e. The summed E-state index contributed by atoms with van der Waals surface area (Å²) in [5, 5.41) is 3.40. The smallest absolute Gasteiger partial charge is 0.193 e. The number of furan rings is 1. The van der Waals surface area contributed by atoms with Crippen molar-refractivity contribution in [1.29, 1.82) is 0 Å². The number of methoxy groups -OCH3 is 1. The molecule has 0 radical (unpaired) electrons. The summed E-state index contributed by atoms with van der Waals surface area (Å²) in [4.78, 5) is 7.07. The average Bonchev–Trinajstić information content (AvgIpc) is 3.12. The van der Waals surface area contributed by atoms with Crippen LogP contribution in [0.1, 0.15) is 31.9 Å². The molecule has 2 rings (SSSR count). The van der Waals surface area contributed by atoms with Crippen LogP contribution in [0, 0.1) is 0 Å². The van der Waals surface area contributed by atoms with E-state index in [-0.39, 0.29) is 24.0 Å². The zero-order valence-corrected chi connectivity index (χ0v) is 17.7. The number of aliphatic imine (C=N–C) groups is 1. The second-order valence-electron chi connectivity index (χ2n) is 5.97. The van der Waals surface area contributed by atoms with Gasteiger partial charge in [0.05, 0.1) is 12.4 Å². The highest BCUT2D eigenvalue weighted by atomic mass is 127. The molecule has 0 saturated carbocycles. The van der Waals surface area contributed by atoms with Crippen molar-refractivity contribution in [1.82, 2.24) is 10.2 Å². The summed E-state index contributed by atoms with van der Waals surface area (Å²) in [6.45, 7) is 7.26. The third-order valence-corrected chi connectivity index (χ3v) is 4.12. The number of hydrogen-bond donors (Lipinski definition) is 1. The van der Waals surface area contributed by atoms with Crippen LogP contribution in [0.15, 0.2) is 27.8 Å². The molecule has 0 amide bonds. The van der Waals surface area contributed by atoms with Crippen molar-refractivity contribution in [3.05, 3.63) is 24.2 Å². The first-order valence-electron chi connectivity index (χ1n) is 8.99. The Balaban J connectivity index is 0.00000312. The molecule has 7 heteroatoms. The Morgan fingerprint density at radius 2 is 2.16 bits per heavy atom. The van der Waals surface area contributed by atoms with Crippen molar-refractivity contribution in [2.24, 2.45) is 4.99 Å². The van der Waals surface area contributed by atoms with Gasteiger partial charge < -0.3 is 24.1 Å². The van der Waals surface area contributed by atoms with Crippen LogP contribution in [0.3, 0.4) is 0 Å². The Morgan fingerprint density at radius 1 is 1.36 bits per heavy atom. The minimum absolute atomic E-state index is 0. The van der Waals surface area contributed by atoms with Gasteiger partial charge in [0.2, 0.25) is 0 Å². The first-order valence-corrected chi connectivity index (χ1v) is 8.99. The molecule has 1 N–H and O–H groups in total. The Bertz CT molecular complexity index is 460. The Kier molecular flexibility index (Phi) is 11.9. The minimum Gasteiger partial charge on any atom is -0.469 e. The van der Waals surface area contributed by atoms with Crippen LogP contribution in [-0.4, -0.2) is 63.5 Å². The highest BCUT2D eigenvalue weighted by Crippen LogP contribution is 2.14. The number of likely N-dealkylation sites (tertiary alicyclic amines) is 1. The maximum absolute atomic E-state index is 5.92. The highest BCUT2D eigenvalue weighted by molar-refractivity contribution is 14.0. The first-order chi connectivity index (χ1) is 11.8. The molecule has 1 aromatic heterocycles. The van der Waals surface area contributed by atoms with Crippen molar-refractivity contribution in [2.45, 2.75) is 38.7 Å². The van der Waals surface area contributed by atoms with Gasteiger partial charge in [-0.2, -0.15) is 0 Å². The number of rotatable bonds is 9. The van der Waals surface area contributed by atoms with E-state index >= 15 is 0 Å². The van der Waals surface area contributed by atoms with Crippen molar-refractivity contribution >= 4 is 29.9 Å². The second kappa shape index (κ2) is 13.4. The van der Waals surface area contributed by atoms with Gasteiger partial charge in [0.25, 0.3) is 0 Å². The lowest BCUT2D eigenvalue weighted by Crippen LogP contribution is -2.47. The predicted molar refractivity (Wildman–Crippen MR) is 111 cm³/mol. The van der Waals surface area contributed by atoms with E-state index in [4.69, 9.17) is 18.9 Å². The van der Waals surface area contributed by atoms with Crippen LogP contribution in [0.25, 0.3) is 0 Å². The van der Waals surface area contributed by atoms with Gasteiger partial charge in [-0.1, -0.05) is 0 Å². The monoisotopic (exact) mass is 465 g/mol. The van der Waals surface area contributed by atoms with E-state index in [0.29, 0.717) is 6.10 Å². The van der Waals surface area contributed by atoms with Crippen LogP contribution in [0.2, 0.25) is 0 Å². The fourth-order valence-electron chi connectivity index (χ4n) is 2.84. The van der Waals surface area contributed by atoms with Gasteiger partial charge in [-0.05, 0) is 38.3 Å². The molecular formula is C18H32IN3O3. The van der Waals surface area contributed by atoms with Gasteiger partial charge in [0.1, 0.15) is 5.76 Å².